The zero-order chi connectivity index (χ0) is 11.7. The van der Waals surface area contributed by atoms with Crippen molar-refractivity contribution in [3.8, 4) is 0 Å². The molecule has 0 radical (unpaired) electrons. The summed E-state index contributed by atoms with van der Waals surface area (Å²) in [5, 5.41) is 11.4. The number of carbonyl (C=O) groups is 2. The molecular weight excluding hydrogens is 208 g/mol. The molecule has 1 heterocycles. The smallest absolute Gasteiger partial charge is 0.307 e. The second-order valence-corrected chi connectivity index (χ2v) is 4.03. The van der Waals surface area contributed by atoms with E-state index in [-0.39, 0.29) is 5.91 Å². The molecule has 2 atom stereocenters. The van der Waals surface area contributed by atoms with Crippen LogP contribution in [0.2, 0.25) is 0 Å². The number of hydrogen-bond donors (Lipinski definition) is 2. The van der Waals surface area contributed by atoms with Gasteiger partial charge in [0, 0.05) is 6.20 Å². The highest BCUT2D eigenvalue weighted by atomic mass is 16.4. The molecule has 5 heteroatoms. The molecule has 0 bridgehead atoms. The van der Waals surface area contributed by atoms with E-state index in [2.05, 4.69) is 10.3 Å². The maximum Gasteiger partial charge on any atom is 0.307 e. The lowest BCUT2D eigenvalue weighted by Crippen LogP contribution is -2.16. The monoisotopic (exact) mass is 220 g/mol. The molecule has 84 valence electrons. The third-order valence-corrected chi connectivity index (χ3v) is 2.59. The van der Waals surface area contributed by atoms with Gasteiger partial charge in [-0.15, -0.1) is 0 Å². The van der Waals surface area contributed by atoms with Crippen LogP contribution in [0.5, 0.6) is 0 Å². The summed E-state index contributed by atoms with van der Waals surface area (Å²) < 4.78 is 0. The van der Waals surface area contributed by atoms with E-state index >= 15 is 0 Å². The van der Waals surface area contributed by atoms with Crippen LogP contribution in [0.25, 0.3) is 0 Å². The molecule has 16 heavy (non-hydrogen) atoms. The van der Waals surface area contributed by atoms with Gasteiger partial charge in [-0.2, -0.15) is 0 Å². The van der Waals surface area contributed by atoms with Crippen molar-refractivity contribution >= 4 is 17.6 Å². The van der Waals surface area contributed by atoms with Gasteiger partial charge in [0.15, 0.2) is 0 Å². The number of amides is 1. The zero-order valence-electron chi connectivity index (χ0n) is 8.80. The Labute approximate surface area is 92.5 Å². The molecule has 0 unspecified atom stereocenters. The van der Waals surface area contributed by atoms with Crippen LogP contribution in [0.1, 0.15) is 12.0 Å². The molecule has 5 nitrogen and oxygen atoms in total. The van der Waals surface area contributed by atoms with Crippen LogP contribution in [-0.4, -0.2) is 22.0 Å². The van der Waals surface area contributed by atoms with Gasteiger partial charge in [-0.1, -0.05) is 0 Å². The highest BCUT2D eigenvalue weighted by Gasteiger charge is 2.48. The van der Waals surface area contributed by atoms with Crippen LogP contribution in [0.15, 0.2) is 18.5 Å². The lowest BCUT2D eigenvalue weighted by molar-refractivity contribution is -0.139. The summed E-state index contributed by atoms with van der Waals surface area (Å²) >= 11 is 0. The van der Waals surface area contributed by atoms with Gasteiger partial charge in [-0.3, -0.25) is 14.6 Å². The molecule has 0 aromatic carbocycles. The van der Waals surface area contributed by atoms with Crippen LogP contribution in [0, 0.1) is 18.8 Å². The number of nitrogens with zero attached hydrogens (tertiary/aromatic N) is 1. The van der Waals surface area contributed by atoms with E-state index in [0.29, 0.717) is 12.1 Å². The molecular formula is C11H12N2O3. The van der Waals surface area contributed by atoms with Crippen LogP contribution in [0.3, 0.4) is 0 Å². The fourth-order valence-corrected chi connectivity index (χ4v) is 1.62. The second kappa shape index (κ2) is 3.92. The number of nitrogens with one attached hydrogen (secondary N) is 1. The van der Waals surface area contributed by atoms with Crippen molar-refractivity contribution in [2.24, 2.45) is 11.8 Å². The maximum atomic E-state index is 11.6. The number of carboxylic acids is 1. The first-order valence-corrected chi connectivity index (χ1v) is 5.03. The molecule has 0 aliphatic heterocycles. The van der Waals surface area contributed by atoms with Gasteiger partial charge >= 0.3 is 5.97 Å². The minimum atomic E-state index is -0.900. The summed E-state index contributed by atoms with van der Waals surface area (Å²) in [6, 6.07) is 1.79. The Morgan fingerprint density at radius 1 is 1.44 bits per heavy atom. The average Bonchev–Trinajstić information content (AvgIpc) is 2.96. The molecule has 1 amide bonds. The topological polar surface area (TPSA) is 79.3 Å². The molecule has 1 aromatic heterocycles. The second-order valence-electron chi connectivity index (χ2n) is 4.03. The van der Waals surface area contributed by atoms with E-state index in [9.17, 15) is 9.59 Å². The fourth-order valence-electron chi connectivity index (χ4n) is 1.62. The Balaban J connectivity index is 1.96. The number of carboxylic acid groups (broad SMARTS) is 1. The number of pyridine rings is 1. The number of rotatable bonds is 3. The fraction of sp³-hybridized carbons (Fsp3) is 0.364. The SMILES string of the molecule is Cc1cncc(NC(=O)[C@@H]2C[C@@H]2C(=O)O)c1. The van der Waals surface area contributed by atoms with Crippen molar-refractivity contribution in [2.45, 2.75) is 13.3 Å². The van der Waals surface area contributed by atoms with Gasteiger partial charge in [-0.05, 0) is 25.0 Å². The summed E-state index contributed by atoms with van der Waals surface area (Å²) in [5.41, 5.74) is 1.56. The first kappa shape index (κ1) is 10.6. The average molecular weight is 220 g/mol. The molecule has 1 saturated carbocycles. The van der Waals surface area contributed by atoms with Crippen molar-refractivity contribution in [1.82, 2.24) is 4.98 Å². The van der Waals surface area contributed by atoms with Crippen LogP contribution in [0.4, 0.5) is 5.69 Å². The van der Waals surface area contributed by atoms with E-state index < -0.39 is 17.8 Å². The zero-order valence-corrected chi connectivity index (χ0v) is 8.80. The summed E-state index contributed by atoms with van der Waals surface area (Å²) in [7, 11) is 0. The largest absolute Gasteiger partial charge is 0.481 e. The maximum absolute atomic E-state index is 11.6. The summed E-state index contributed by atoms with van der Waals surface area (Å²) in [6.45, 7) is 1.87. The van der Waals surface area contributed by atoms with E-state index in [1.54, 1.807) is 18.5 Å². The van der Waals surface area contributed by atoms with Gasteiger partial charge in [0.25, 0.3) is 0 Å². The number of aliphatic carboxylic acids is 1. The van der Waals surface area contributed by atoms with Crippen LogP contribution < -0.4 is 5.32 Å². The van der Waals surface area contributed by atoms with Gasteiger partial charge in [0.1, 0.15) is 0 Å². The Morgan fingerprint density at radius 3 is 2.75 bits per heavy atom. The standard InChI is InChI=1S/C11H12N2O3/c1-6-2-7(5-12-4-6)13-10(14)8-3-9(8)11(15)16/h2,4-5,8-9H,3H2,1H3,(H,13,14)(H,15,16)/t8-,9+/m1/s1. The van der Waals surface area contributed by atoms with Crippen molar-refractivity contribution < 1.29 is 14.7 Å². The summed E-state index contributed by atoms with van der Waals surface area (Å²) in [5.74, 6) is -2.04. The normalized spacial score (nSPS) is 22.6. The molecule has 0 spiro atoms. The Morgan fingerprint density at radius 2 is 2.19 bits per heavy atom. The van der Waals surface area contributed by atoms with Gasteiger partial charge in [0.2, 0.25) is 5.91 Å². The van der Waals surface area contributed by atoms with Gasteiger partial charge < -0.3 is 10.4 Å². The van der Waals surface area contributed by atoms with E-state index in [0.717, 1.165) is 5.56 Å². The number of hydrogen-bond acceptors (Lipinski definition) is 3. The van der Waals surface area contributed by atoms with Crippen LogP contribution in [-0.2, 0) is 9.59 Å². The number of aromatic nitrogens is 1. The predicted molar refractivity (Wildman–Crippen MR) is 56.8 cm³/mol. The van der Waals surface area contributed by atoms with Crippen LogP contribution >= 0.6 is 0 Å². The number of anilines is 1. The predicted octanol–water partition coefficient (Wildman–Crippen LogP) is 1.05. The number of aryl methyl sites for hydroxylation is 1. The third kappa shape index (κ3) is 2.18. The lowest BCUT2D eigenvalue weighted by Gasteiger charge is -2.04. The quantitative estimate of drug-likeness (QED) is 0.797. The van der Waals surface area contributed by atoms with Crippen molar-refractivity contribution in [3.05, 3.63) is 24.0 Å². The van der Waals surface area contributed by atoms with E-state index in [4.69, 9.17) is 5.11 Å². The highest BCUT2D eigenvalue weighted by molar-refractivity contribution is 5.98. The highest BCUT2D eigenvalue weighted by Crippen LogP contribution is 2.39. The molecule has 1 aliphatic rings. The molecule has 0 saturated heterocycles. The lowest BCUT2D eigenvalue weighted by atomic mass is 10.2. The van der Waals surface area contributed by atoms with Crippen molar-refractivity contribution in [2.75, 3.05) is 5.32 Å². The third-order valence-electron chi connectivity index (χ3n) is 2.59. The van der Waals surface area contributed by atoms with Gasteiger partial charge in [-0.25, -0.2) is 0 Å². The first-order chi connectivity index (χ1) is 7.58. The first-order valence-electron chi connectivity index (χ1n) is 5.03. The molecule has 2 N–H and O–H groups in total. The van der Waals surface area contributed by atoms with Crippen molar-refractivity contribution in [3.63, 3.8) is 0 Å². The Hall–Kier alpha value is -1.91. The molecule has 1 aromatic rings. The van der Waals surface area contributed by atoms with E-state index in [1.807, 2.05) is 6.92 Å². The minimum Gasteiger partial charge on any atom is -0.481 e. The Bertz CT molecular complexity index is 445. The van der Waals surface area contributed by atoms with Crippen molar-refractivity contribution in [1.29, 1.82) is 0 Å². The van der Waals surface area contributed by atoms with Gasteiger partial charge in [0.05, 0.1) is 23.7 Å². The molecule has 2 rings (SSSR count). The minimum absolute atomic E-state index is 0.236. The van der Waals surface area contributed by atoms with E-state index in [1.165, 1.54) is 0 Å². The summed E-state index contributed by atoms with van der Waals surface area (Å²) in [6.07, 6.45) is 3.66. The molecule has 1 fully saturated rings. The molecule has 1 aliphatic carbocycles. The Kier molecular flexibility index (Phi) is 2.60. The number of carbonyl (C=O) groups excluding carboxylic acids is 1. The summed E-state index contributed by atoms with van der Waals surface area (Å²) in [4.78, 5) is 26.1.